The molecule has 1 aliphatic rings. The molecule has 1 saturated heterocycles. The fourth-order valence-electron chi connectivity index (χ4n) is 2.75. The molecule has 0 aliphatic carbocycles. The zero-order chi connectivity index (χ0) is 17.6. The fourth-order valence-corrected chi connectivity index (χ4v) is 3.55. The van der Waals surface area contributed by atoms with Gasteiger partial charge in [0.2, 0.25) is 5.91 Å². The molecule has 4 nitrogen and oxygen atoms in total. The molecule has 6 heteroatoms. The minimum Gasteiger partial charge on any atom is -0.490 e. The molecular formula is C19H20FNO3S. The van der Waals surface area contributed by atoms with Crippen LogP contribution in [0.1, 0.15) is 23.3 Å². The van der Waals surface area contributed by atoms with Gasteiger partial charge < -0.3 is 14.7 Å². The molecule has 0 unspecified atom stereocenters. The number of carbonyl (C=O) groups excluding carboxylic acids is 1. The minimum absolute atomic E-state index is 0.000706. The van der Waals surface area contributed by atoms with Gasteiger partial charge in [0, 0.05) is 43.0 Å². The van der Waals surface area contributed by atoms with Crippen LogP contribution in [0.5, 0.6) is 5.75 Å². The molecule has 0 saturated carbocycles. The Morgan fingerprint density at radius 2 is 2.16 bits per heavy atom. The van der Waals surface area contributed by atoms with Gasteiger partial charge in [-0.15, -0.1) is 11.3 Å². The summed E-state index contributed by atoms with van der Waals surface area (Å²) in [6.07, 6.45) is 4.80. The van der Waals surface area contributed by atoms with E-state index in [9.17, 15) is 9.18 Å². The van der Waals surface area contributed by atoms with Gasteiger partial charge in [-0.3, -0.25) is 4.79 Å². The van der Waals surface area contributed by atoms with Crippen LogP contribution in [0.3, 0.4) is 0 Å². The van der Waals surface area contributed by atoms with Crippen LogP contribution in [0.4, 0.5) is 4.39 Å². The van der Waals surface area contributed by atoms with E-state index in [2.05, 4.69) is 0 Å². The Morgan fingerprint density at radius 3 is 2.84 bits per heavy atom. The van der Waals surface area contributed by atoms with Crippen molar-refractivity contribution in [2.45, 2.75) is 25.6 Å². The van der Waals surface area contributed by atoms with Crippen molar-refractivity contribution in [3.8, 4) is 5.75 Å². The van der Waals surface area contributed by atoms with E-state index in [0.717, 1.165) is 23.3 Å². The molecule has 25 heavy (non-hydrogen) atoms. The summed E-state index contributed by atoms with van der Waals surface area (Å²) in [6, 6.07) is 8.00. The lowest BCUT2D eigenvalue weighted by Crippen LogP contribution is -2.41. The second-order valence-electron chi connectivity index (χ2n) is 5.95. The van der Waals surface area contributed by atoms with Crippen LogP contribution in [-0.4, -0.2) is 35.1 Å². The highest BCUT2D eigenvalue weighted by atomic mass is 32.1. The van der Waals surface area contributed by atoms with Crippen LogP contribution in [0, 0.1) is 5.82 Å². The summed E-state index contributed by atoms with van der Waals surface area (Å²) in [4.78, 5) is 15.0. The van der Waals surface area contributed by atoms with E-state index in [1.807, 2.05) is 11.4 Å². The Hall–Kier alpha value is -2.18. The highest BCUT2D eigenvalue weighted by Gasteiger charge is 2.22. The van der Waals surface area contributed by atoms with Gasteiger partial charge >= 0.3 is 0 Å². The Balaban J connectivity index is 1.48. The van der Waals surface area contributed by atoms with E-state index >= 15 is 0 Å². The van der Waals surface area contributed by atoms with Crippen LogP contribution < -0.4 is 4.74 Å². The Bertz CT molecular complexity index is 751. The smallest absolute Gasteiger partial charge is 0.246 e. The molecule has 1 aliphatic heterocycles. The van der Waals surface area contributed by atoms with Crippen molar-refractivity contribution in [3.05, 3.63) is 58.0 Å². The number of likely N-dealkylation sites (tertiary alicyclic amines) is 1. The standard InChI is InChI=1S/C19H20FNO3S/c20-15-2-1-3-17(11-15)24-16-6-8-21(9-7-16)19(23)5-4-18-10-14(12-22)13-25-18/h1-5,10-11,13,16,22H,6-9,12H2. The third-order valence-electron chi connectivity index (χ3n) is 4.10. The molecule has 132 valence electrons. The number of piperidine rings is 1. The number of benzene rings is 1. The molecule has 1 aromatic carbocycles. The van der Waals surface area contributed by atoms with Gasteiger partial charge in [-0.25, -0.2) is 4.39 Å². The molecule has 0 spiro atoms. The number of hydrogen-bond donors (Lipinski definition) is 1. The van der Waals surface area contributed by atoms with Crippen LogP contribution in [0.25, 0.3) is 6.08 Å². The van der Waals surface area contributed by atoms with Gasteiger partial charge in [-0.2, -0.15) is 0 Å². The topological polar surface area (TPSA) is 49.8 Å². The first-order valence-electron chi connectivity index (χ1n) is 8.21. The van der Waals surface area contributed by atoms with E-state index < -0.39 is 0 Å². The van der Waals surface area contributed by atoms with Crippen molar-refractivity contribution >= 4 is 23.3 Å². The third kappa shape index (κ3) is 4.90. The number of ether oxygens (including phenoxy) is 1. The predicted molar refractivity (Wildman–Crippen MR) is 95.9 cm³/mol. The average molecular weight is 361 g/mol. The minimum atomic E-state index is -0.312. The molecule has 0 radical (unpaired) electrons. The van der Waals surface area contributed by atoms with Gasteiger partial charge in [-0.1, -0.05) is 6.07 Å². The van der Waals surface area contributed by atoms with Crippen LogP contribution >= 0.6 is 11.3 Å². The summed E-state index contributed by atoms with van der Waals surface area (Å²) in [5, 5.41) is 10.9. The monoisotopic (exact) mass is 361 g/mol. The number of nitrogens with zero attached hydrogens (tertiary/aromatic N) is 1. The Labute approximate surface area is 150 Å². The first-order chi connectivity index (χ1) is 12.1. The number of rotatable bonds is 5. The Morgan fingerprint density at radius 1 is 1.36 bits per heavy atom. The number of hydrogen-bond acceptors (Lipinski definition) is 4. The van der Waals surface area contributed by atoms with E-state index in [1.165, 1.54) is 23.5 Å². The molecule has 1 aromatic heterocycles. The van der Waals surface area contributed by atoms with Crippen molar-refractivity contribution in [2.24, 2.45) is 0 Å². The summed E-state index contributed by atoms with van der Waals surface area (Å²) >= 11 is 1.50. The summed E-state index contributed by atoms with van der Waals surface area (Å²) in [6.45, 7) is 1.25. The molecule has 1 N–H and O–H groups in total. The van der Waals surface area contributed by atoms with Gasteiger partial charge in [0.25, 0.3) is 0 Å². The van der Waals surface area contributed by atoms with Crippen molar-refractivity contribution in [1.82, 2.24) is 4.90 Å². The lowest BCUT2D eigenvalue weighted by atomic mass is 10.1. The fraction of sp³-hybridized carbons (Fsp3) is 0.316. The van der Waals surface area contributed by atoms with E-state index in [4.69, 9.17) is 9.84 Å². The van der Waals surface area contributed by atoms with Crippen LogP contribution in [0.15, 0.2) is 41.8 Å². The number of aliphatic hydroxyl groups is 1. The molecule has 2 heterocycles. The molecule has 0 bridgehead atoms. The number of thiophene rings is 1. The Kier molecular flexibility index (Phi) is 5.83. The molecule has 3 rings (SSSR count). The van der Waals surface area contributed by atoms with Gasteiger partial charge in [0.05, 0.1) is 6.61 Å². The first-order valence-corrected chi connectivity index (χ1v) is 9.09. The summed E-state index contributed by atoms with van der Waals surface area (Å²) < 4.78 is 19.0. The number of halogens is 1. The summed E-state index contributed by atoms with van der Waals surface area (Å²) in [5.74, 6) is 0.193. The van der Waals surface area contributed by atoms with Gasteiger partial charge in [-0.05, 0) is 35.2 Å². The van der Waals surface area contributed by atoms with Crippen molar-refractivity contribution in [1.29, 1.82) is 0 Å². The van der Waals surface area contributed by atoms with Crippen LogP contribution in [0.2, 0.25) is 0 Å². The normalized spacial score (nSPS) is 15.7. The second-order valence-corrected chi connectivity index (χ2v) is 6.89. The predicted octanol–water partition coefficient (Wildman–Crippen LogP) is 3.46. The van der Waals surface area contributed by atoms with Crippen molar-refractivity contribution in [2.75, 3.05) is 13.1 Å². The summed E-state index contributed by atoms with van der Waals surface area (Å²) in [5.41, 5.74) is 0.854. The number of carbonyl (C=O) groups is 1. The molecule has 1 fully saturated rings. The third-order valence-corrected chi connectivity index (χ3v) is 5.05. The zero-order valence-corrected chi connectivity index (χ0v) is 14.5. The average Bonchev–Trinajstić information content (AvgIpc) is 3.08. The first kappa shape index (κ1) is 17.6. The van der Waals surface area contributed by atoms with Gasteiger partial charge in [0.15, 0.2) is 0 Å². The highest BCUT2D eigenvalue weighted by Crippen LogP contribution is 2.20. The molecule has 2 aromatic rings. The maximum atomic E-state index is 13.2. The second kappa shape index (κ2) is 8.27. The van der Waals surface area contributed by atoms with Crippen molar-refractivity contribution < 1.29 is 19.0 Å². The maximum absolute atomic E-state index is 13.2. The van der Waals surface area contributed by atoms with E-state index in [0.29, 0.717) is 18.8 Å². The zero-order valence-electron chi connectivity index (χ0n) is 13.7. The maximum Gasteiger partial charge on any atom is 0.246 e. The quantitative estimate of drug-likeness (QED) is 0.830. The molecule has 0 atom stereocenters. The number of amides is 1. The largest absolute Gasteiger partial charge is 0.490 e. The lowest BCUT2D eigenvalue weighted by Gasteiger charge is -2.31. The van der Waals surface area contributed by atoms with E-state index in [-0.39, 0.29) is 24.4 Å². The number of aliphatic hydroxyl groups excluding tert-OH is 1. The van der Waals surface area contributed by atoms with Crippen molar-refractivity contribution in [3.63, 3.8) is 0 Å². The van der Waals surface area contributed by atoms with Crippen LogP contribution in [-0.2, 0) is 11.4 Å². The lowest BCUT2D eigenvalue weighted by molar-refractivity contribution is -0.127. The SMILES string of the molecule is O=C(C=Cc1cc(CO)cs1)N1CCC(Oc2cccc(F)c2)CC1. The highest BCUT2D eigenvalue weighted by molar-refractivity contribution is 7.11. The molecular weight excluding hydrogens is 341 g/mol. The van der Waals surface area contributed by atoms with E-state index in [1.54, 1.807) is 29.2 Å². The summed E-state index contributed by atoms with van der Waals surface area (Å²) in [7, 11) is 0. The molecule has 1 amide bonds. The van der Waals surface area contributed by atoms with Gasteiger partial charge in [0.1, 0.15) is 17.7 Å².